The van der Waals surface area contributed by atoms with Crippen LogP contribution in [-0.4, -0.2) is 41.6 Å². The van der Waals surface area contributed by atoms with Crippen molar-refractivity contribution in [3.8, 4) is 6.07 Å². The van der Waals surface area contributed by atoms with E-state index in [4.69, 9.17) is 23.2 Å². The summed E-state index contributed by atoms with van der Waals surface area (Å²) in [5, 5.41) is 21.3. The number of amides is 1. The lowest BCUT2D eigenvalue weighted by atomic mass is 9.78. The Hall–Kier alpha value is -2.31. The van der Waals surface area contributed by atoms with E-state index >= 15 is 0 Å². The zero-order valence-corrected chi connectivity index (χ0v) is 20.7. The molecule has 4 rings (SSSR count). The normalized spacial score (nSPS) is 23.9. The molecule has 186 valence electrons. The van der Waals surface area contributed by atoms with Crippen LogP contribution >= 0.6 is 23.2 Å². The van der Waals surface area contributed by atoms with Gasteiger partial charge >= 0.3 is 6.18 Å². The number of hydrogen-bond acceptors (Lipinski definition) is 4. The van der Waals surface area contributed by atoms with Crippen molar-refractivity contribution in [2.75, 3.05) is 24.5 Å². The molecule has 0 saturated heterocycles. The van der Waals surface area contributed by atoms with Gasteiger partial charge in [-0.3, -0.25) is 4.79 Å². The Bertz CT molecular complexity index is 1200. The van der Waals surface area contributed by atoms with Crippen LogP contribution in [0.1, 0.15) is 48.9 Å². The monoisotopic (exact) mass is 525 g/mol. The fraction of sp³-hybridized carbons (Fsp3) is 0.440. The zero-order valence-electron chi connectivity index (χ0n) is 19.2. The lowest BCUT2D eigenvalue weighted by molar-refractivity contribution is -0.142. The summed E-state index contributed by atoms with van der Waals surface area (Å²) in [5.74, 6) is -0.645. The van der Waals surface area contributed by atoms with Gasteiger partial charge in [0.15, 0.2) is 5.60 Å². The smallest absolute Gasteiger partial charge is 0.372 e. The number of rotatable bonds is 6. The molecule has 1 aliphatic heterocycles. The minimum atomic E-state index is -4.93. The second-order valence-electron chi connectivity index (χ2n) is 9.01. The van der Waals surface area contributed by atoms with E-state index in [1.54, 1.807) is 6.07 Å². The maximum absolute atomic E-state index is 14.2. The number of benzene rings is 2. The van der Waals surface area contributed by atoms with Crippen molar-refractivity contribution in [2.24, 2.45) is 5.92 Å². The van der Waals surface area contributed by atoms with Gasteiger partial charge in [-0.1, -0.05) is 43.1 Å². The molecule has 2 aromatic rings. The first-order valence-electron chi connectivity index (χ1n) is 11.3. The zero-order chi connectivity index (χ0) is 25.7. The summed E-state index contributed by atoms with van der Waals surface area (Å²) in [7, 11) is 0. The van der Waals surface area contributed by atoms with Gasteiger partial charge in [0.05, 0.1) is 22.9 Å². The number of fused-ring (bicyclic) bond motifs is 1. The Labute approximate surface area is 211 Å². The molecule has 0 radical (unpaired) electrons. The number of nitriles is 1. The second kappa shape index (κ2) is 9.29. The standard InChI is InChI=1S/C25H24Cl2F3N3O2/c1-3-32(4-2)13-15-7-17(8-15)33-21-10-14(12-31)9-19(25(28,29)30)22(21)24(35,23(33)34)18-6-5-16(26)11-20(18)27/h5-6,9-11,15,17,35H,3-4,7-8,13H2,1-2H3. The highest BCUT2D eigenvalue weighted by atomic mass is 35.5. The fourth-order valence-corrected chi connectivity index (χ4v) is 5.72. The molecule has 1 N–H and O–H groups in total. The van der Waals surface area contributed by atoms with E-state index in [1.807, 2.05) is 0 Å². The van der Waals surface area contributed by atoms with Crippen molar-refractivity contribution in [1.82, 2.24) is 4.90 Å². The number of alkyl halides is 3. The number of halogens is 5. The van der Waals surface area contributed by atoms with Crippen LogP contribution in [0.3, 0.4) is 0 Å². The Morgan fingerprint density at radius 3 is 2.40 bits per heavy atom. The van der Waals surface area contributed by atoms with Crippen molar-refractivity contribution < 1.29 is 23.1 Å². The third-order valence-corrected chi connectivity index (χ3v) is 7.56. The Balaban J connectivity index is 1.86. The molecule has 1 fully saturated rings. The Kier molecular flexibility index (Phi) is 6.84. The summed E-state index contributed by atoms with van der Waals surface area (Å²) < 4.78 is 42.6. The molecule has 0 spiro atoms. The van der Waals surface area contributed by atoms with Crippen molar-refractivity contribution in [3.05, 3.63) is 62.6 Å². The predicted molar refractivity (Wildman–Crippen MR) is 127 cm³/mol. The SMILES string of the molecule is CCN(CC)CC1CC(N2C(=O)C(O)(c3ccc(Cl)cc3Cl)c3c2cc(C#N)cc3C(F)(F)F)C1. The summed E-state index contributed by atoms with van der Waals surface area (Å²) in [5.41, 5.74) is -5.08. The molecule has 1 unspecified atom stereocenters. The number of aliphatic hydroxyl groups is 1. The van der Waals surface area contributed by atoms with Crippen molar-refractivity contribution in [3.63, 3.8) is 0 Å². The molecular formula is C25H24Cl2F3N3O2. The van der Waals surface area contributed by atoms with Gasteiger partial charge in [0.25, 0.3) is 5.91 Å². The molecule has 1 saturated carbocycles. The average Bonchev–Trinajstić information content (AvgIpc) is 2.99. The molecule has 1 amide bonds. The lowest BCUT2D eigenvalue weighted by Gasteiger charge is -2.43. The summed E-state index contributed by atoms with van der Waals surface area (Å²) in [6.45, 7) is 6.67. The summed E-state index contributed by atoms with van der Waals surface area (Å²) in [6.07, 6.45) is -3.78. The molecule has 35 heavy (non-hydrogen) atoms. The summed E-state index contributed by atoms with van der Waals surface area (Å²) in [6, 6.07) is 7.13. The fourth-order valence-electron chi connectivity index (χ4n) is 5.18. The van der Waals surface area contributed by atoms with Gasteiger partial charge in [0, 0.05) is 33.8 Å². The molecule has 10 heteroatoms. The molecule has 1 aliphatic carbocycles. The van der Waals surface area contributed by atoms with E-state index in [0.717, 1.165) is 19.6 Å². The number of nitrogens with zero attached hydrogens (tertiary/aromatic N) is 3. The van der Waals surface area contributed by atoms with Crippen LogP contribution in [0.15, 0.2) is 30.3 Å². The number of anilines is 1. The van der Waals surface area contributed by atoms with E-state index < -0.39 is 34.9 Å². The van der Waals surface area contributed by atoms with Crippen molar-refractivity contribution in [2.45, 2.75) is 44.5 Å². The first kappa shape index (κ1) is 25.8. The van der Waals surface area contributed by atoms with Gasteiger partial charge in [0.2, 0.25) is 0 Å². The van der Waals surface area contributed by atoms with Gasteiger partial charge < -0.3 is 14.9 Å². The lowest BCUT2D eigenvalue weighted by Crippen LogP contribution is -2.52. The Morgan fingerprint density at radius 2 is 1.86 bits per heavy atom. The predicted octanol–water partition coefficient (Wildman–Crippen LogP) is 5.59. The molecule has 2 aliphatic rings. The topological polar surface area (TPSA) is 67.6 Å². The summed E-state index contributed by atoms with van der Waals surface area (Å²) >= 11 is 12.2. The highest BCUT2D eigenvalue weighted by Gasteiger charge is 2.59. The van der Waals surface area contributed by atoms with Gasteiger partial charge in [0.1, 0.15) is 0 Å². The highest BCUT2D eigenvalue weighted by molar-refractivity contribution is 6.35. The van der Waals surface area contributed by atoms with Crippen LogP contribution in [0.2, 0.25) is 10.0 Å². The highest BCUT2D eigenvalue weighted by Crippen LogP contribution is 2.54. The van der Waals surface area contributed by atoms with E-state index in [-0.39, 0.29) is 32.8 Å². The molecule has 1 heterocycles. The van der Waals surface area contributed by atoms with E-state index in [0.29, 0.717) is 18.9 Å². The molecule has 0 aromatic heterocycles. The minimum Gasteiger partial charge on any atom is -0.372 e. The van der Waals surface area contributed by atoms with E-state index in [2.05, 4.69) is 18.7 Å². The van der Waals surface area contributed by atoms with Crippen LogP contribution in [0.4, 0.5) is 18.9 Å². The molecule has 0 bridgehead atoms. The minimum absolute atomic E-state index is 0.110. The second-order valence-corrected chi connectivity index (χ2v) is 9.86. The average molecular weight is 526 g/mol. The first-order valence-corrected chi connectivity index (χ1v) is 12.1. The Morgan fingerprint density at radius 1 is 1.20 bits per heavy atom. The van der Waals surface area contributed by atoms with Crippen molar-refractivity contribution in [1.29, 1.82) is 5.26 Å². The first-order chi connectivity index (χ1) is 16.4. The van der Waals surface area contributed by atoms with Crippen LogP contribution in [0.25, 0.3) is 0 Å². The van der Waals surface area contributed by atoms with Gasteiger partial charge in [-0.2, -0.15) is 18.4 Å². The van der Waals surface area contributed by atoms with E-state index in [9.17, 15) is 28.3 Å². The quantitative estimate of drug-likeness (QED) is 0.534. The molecule has 5 nitrogen and oxygen atoms in total. The van der Waals surface area contributed by atoms with Crippen LogP contribution in [-0.2, 0) is 16.6 Å². The number of carbonyl (C=O) groups excluding carboxylic acids is 1. The van der Waals surface area contributed by atoms with Gasteiger partial charge in [-0.05, 0) is 56.1 Å². The van der Waals surface area contributed by atoms with Gasteiger partial charge in [-0.15, -0.1) is 0 Å². The van der Waals surface area contributed by atoms with E-state index in [1.165, 1.54) is 29.2 Å². The number of hydrogen-bond donors (Lipinski definition) is 1. The third kappa shape index (κ3) is 4.29. The summed E-state index contributed by atoms with van der Waals surface area (Å²) in [4.78, 5) is 17.3. The van der Waals surface area contributed by atoms with Crippen LogP contribution in [0.5, 0.6) is 0 Å². The molecule has 2 aromatic carbocycles. The largest absolute Gasteiger partial charge is 0.416 e. The van der Waals surface area contributed by atoms with Crippen LogP contribution < -0.4 is 4.90 Å². The van der Waals surface area contributed by atoms with Crippen LogP contribution in [0, 0.1) is 17.2 Å². The number of carbonyl (C=O) groups is 1. The molecular weight excluding hydrogens is 502 g/mol. The third-order valence-electron chi connectivity index (χ3n) is 7.01. The maximum atomic E-state index is 14.2. The van der Waals surface area contributed by atoms with Crippen molar-refractivity contribution >= 4 is 34.8 Å². The van der Waals surface area contributed by atoms with Gasteiger partial charge in [-0.25, -0.2) is 0 Å². The maximum Gasteiger partial charge on any atom is 0.416 e. The molecule has 1 atom stereocenters.